The van der Waals surface area contributed by atoms with E-state index in [2.05, 4.69) is 0 Å². The smallest absolute Gasteiger partial charge is 0.320 e. The Morgan fingerprint density at radius 2 is 1.55 bits per heavy atom. The molecule has 3 amide bonds. The third-order valence-electron chi connectivity index (χ3n) is 3.81. The average molecular weight is 284 g/mol. The van der Waals surface area contributed by atoms with Crippen LogP contribution in [0.25, 0.3) is 0 Å². The number of carbonyl (C=O) groups is 2. The Morgan fingerprint density at radius 3 is 2.00 bits per heavy atom. The molecule has 1 unspecified atom stereocenters. The van der Waals surface area contributed by atoms with Gasteiger partial charge >= 0.3 is 6.03 Å². The summed E-state index contributed by atoms with van der Waals surface area (Å²) in [6, 6.07) is -0.329. The molecule has 6 heteroatoms. The summed E-state index contributed by atoms with van der Waals surface area (Å²) in [6.07, 6.45) is 1.63. The zero-order chi connectivity index (χ0) is 15.1. The van der Waals surface area contributed by atoms with Crippen molar-refractivity contribution in [1.29, 1.82) is 0 Å². The number of nitrogens with two attached hydrogens (primary N) is 1. The molecule has 2 N–H and O–H groups in total. The second-order valence-electron chi connectivity index (χ2n) is 5.16. The Morgan fingerprint density at radius 1 is 1.05 bits per heavy atom. The highest BCUT2D eigenvalue weighted by Crippen LogP contribution is 2.08. The van der Waals surface area contributed by atoms with Crippen LogP contribution in [-0.2, 0) is 4.79 Å². The Hall–Kier alpha value is -1.30. The van der Waals surface area contributed by atoms with E-state index in [4.69, 9.17) is 5.73 Å². The Balaban J connectivity index is 2.47. The van der Waals surface area contributed by atoms with Gasteiger partial charge in [0.1, 0.15) is 0 Å². The quantitative estimate of drug-likeness (QED) is 0.808. The van der Waals surface area contributed by atoms with E-state index in [1.807, 2.05) is 25.7 Å². The second kappa shape index (κ2) is 8.09. The van der Waals surface area contributed by atoms with Gasteiger partial charge in [-0.25, -0.2) is 4.79 Å². The topological polar surface area (TPSA) is 69.9 Å². The summed E-state index contributed by atoms with van der Waals surface area (Å²) in [5, 5.41) is 0. The first-order chi connectivity index (χ1) is 9.54. The molecule has 1 saturated heterocycles. The SMILES string of the molecule is CCCC(N)C(=O)N1CCN(C(=O)N(CC)CC)CC1. The van der Waals surface area contributed by atoms with Crippen molar-refractivity contribution in [2.45, 2.75) is 39.7 Å². The van der Waals surface area contributed by atoms with E-state index in [9.17, 15) is 9.59 Å². The minimum Gasteiger partial charge on any atom is -0.338 e. The van der Waals surface area contributed by atoms with Crippen LogP contribution in [-0.4, -0.2) is 71.9 Å². The molecule has 1 heterocycles. The number of piperazine rings is 1. The summed E-state index contributed by atoms with van der Waals surface area (Å²) in [7, 11) is 0. The molecule has 1 atom stereocenters. The normalized spacial score (nSPS) is 17.0. The maximum Gasteiger partial charge on any atom is 0.320 e. The lowest BCUT2D eigenvalue weighted by molar-refractivity contribution is -0.134. The summed E-state index contributed by atoms with van der Waals surface area (Å²) >= 11 is 0. The van der Waals surface area contributed by atoms with Crippen LogP contribution in [0.2, 0.25) is 0 Å². The van der Waals surface area contributed by atoms with Crippen molar-refractivity contribution in [1.82, 2.24) is 14.7 Å². The number of nitrogens with zero attached hydrogens (tertiary/aromatic N) is 3. The molecule has 1 aliphatic rings. The van der Waals surface area contributed by atoms with Crippen molar-refractivity contribution in [2.75, 3.05) is 39.3 Å². The minimum atomic E-state index is -0.398. The lowest BCUT2D eigenvalue weighted by Crippen LogP contribution is -2.56. The van der Waals surface area contributed by atoms with Gasteiger partial charge in [-0.3, -0.25) is 4.79 Å². The number of urea groups is 1. The van der Waals surface area contributed by atoms with E-state index < -0.39 is 6.04 Å². The van der Waals surface area contributed by atoms with Crippen molar-refractivity contribution >= 4 is 11.9 Å². The van der Waals surface area contributed by atoms with Gasteiger partial charge in [-0.1, -0.05) is 13.3 Å². The van der Waals surface area contributed by atoms with Crippen molar-refractivity contribution in [3.05, 3.63) is 0 Å². The molecule has 0 radical (unpaired) electrons. The standard InChI is InChI=1S/C14H28N4O2/c1-4-7-12(15)13(19)17-8-10-18(11-9-17)14(20)16(5-2)6-3/h12H,4-11,15H2,1-3H3. The predicted octanol–water partition coefficient (Wildman–Crippen LogP) is 0.720. The van der Waals surface area contributed by atoms with Gasteiger partial charge in [0.2, 0.25) is 5.91 Å². The van der Waals surface area contributed by atoms with Gasteiger partial charge in [0, 0.05) is 39.3 Å². The van der Waals surface area contributed by atoms with Gasteiger partial charge < -0.3 is 20.4 Å². The molecule has 0 aliphatic carbocycles. The number of rotatable bonds is 5. The highest BCUT2D eigenvalue weighted by Gasteiger charge is 2.28. The van der Waals surface area contributed by atoms with Crippen LogP contribution < -0.4 is 5.73 Å². The molecule has 20 heavy (non-hydrogen) atoms. The molecule has 6 nitrogen and oxygen atoms in total. The van der Waals surface area contributed by atoms with Crippen LogP contribution in [0, 0.1) is 0 Å². The van der Waals surface area contributed by atoms with E-state index in [-0.39, 0.29) is 11.9 Å². The molecule has 116 valence electrons. The van der Waals surface area contributed by atoms with Crippen molar-refractivity contribution in [3.63, 3.8) is 0 Å². The Kier molecular flexibility index (Phi) is 6.78. The molecule has 1 aliphatic heterocycles. The molecule has 1 rings (SSSR count). The fourth-order valence-electron chi connectivity index (χ4n) is 2.48. The van der Waals surface area contributed by atoms with Crippen LogP contribution in [0.1, 0.15) is 33.6 Å². The highest BCUT2D eigenvalue weighted by atomic mass is 16.2. The van der Waals surface area contributed by atoms with Crippen molar-refractivity contribution in [3.8, 4) is 0 Å². The molecule has 0 aromatic rings. The molecule has 0 spiro atoms. The van der Waals surface area contributed by atoms with Gasteiger partial charge in [0.05, 0.1) is 6.04 Å². The number of hydrogen-bond donors (Lipinski definition) is 1. The average Bonchev–Trinajstić information content (AvgIpc) is 2.48. The largest absolute Gasteiger partial charge is 0.338 e. The Labute approximate surface area is 121 Å². The van der Waals surface area contributed by atoms with E-state index in [1.54, 1.807) is 9.80 Å². The minimum absolute atomic E-state index is 0.0155. The number of carbonyl (C=O) groups excluding carboxylic acids is 2. The Bertz CT molecular complexity index is 323. The molecular formula is C14H28N4O2. The third-order valence-corrected chi connectivity index (χ3v) is 3.81. The highest BCUT2D eigenvalue weighted by molar-refractivity contribution is 5.82. The lowest BCUT2D eigenvalue weighted by atomic mass is 10.1. The molecule has 0 aromatic heterocycles. The summed E-state index contributed by atoms with van der Waals surface area (Å²) in [5.41, 5.74) is 5.86. The van der Waals surface area contributed by atoms with Gasteiger partial charge in [-0.2, -0.15) is 0 Å². The van der Waals surface area contributed by atoms with Crippen LogP contribution >= 0.6 is 0 Å². The van der Waals surface area contributed by atoms with Crippen molar-refractivity contribution < 1.29 is 9.59 Å². The molecule has 0 aromatic carbocycles. The maximum absolute atomic E-state index is 12.2. The summed E-state index contributed by atoms with van der Waals surface area (Å²) in [4.78, 5) is 29.7. The van der Waals surface area contributed by atoms with E-state index >= 15 is 0 Å². The van der Waals surface area contributed by atoms with Crippen LogP contribution in [0.15, 0.2) is 0 Å². The second-order valence-corrected chi connectivity index (χ2v) is 5.16. The van der Waals surface area contributed by atoms with Crippen LogP contribution in [0.3, 0.4) is 0 Å². The maximum atomic E-state index is 12.2. The van der Waals surface area contributed by atoms with E-state index in [0.717, 1.165) is 25.9 Å². The lowest BCUT2D eigenvalue weighted by Gasteiger charge is -2.38. The first-order valence-electron chi connectivity index (χ1n) is 7.63. The fourth-order valence-corrected chi connectivity index (χ4v) is 2.48. The monoisotopic (exact) mass is 284 g/mol. The van der Waals surface area contributed by atoms with Crippen LogP contribution in [0.4, 0.5) is 4.79 Å². The number of amides is 3. The van der Waals surface area contributed by atoms with E-state index in [0.29, 0.717) is 26.2 Å². The van der Waals surface area contributed by atoms with Gasteiger partial charge in [-0.15, -0.1) is 0 Å². The van der Waals surface area contributed by atoms with Gasteiger partial charge in [0.25, 0.3) is 0 Å². The van der Waals surface area contributed by atoms with Crippen LogP contribution in [0.5, 0.6) is 0 Å². The predicted molar refractivity (Wildman–Crippen MR) is 79.4 cm³/mol. The fraction of sp³-hybridized carbons (Fsp3) is 0.857. The zero-order valence-electron chi connectivity index (χ0n) is 13.0. The molecular weight excluding hydrogens is 256 g/mol. The first kappa shape index (κ1) is 16.8. The summed E-state index contributed by atoms with van der Waals surface area (Å²) in [5.74, 6) is 0.0155. The number of hydrogen-bond acceptors (Lipinski definition) is 3. The molecule has 1 fully saturated rings. The summed E-state index contributed by atoms with van der Waals surface area (Å²) < 4.78 is 0. The van der Waals surface area contributed by atoms with E-state index in [1.165, 1.54) is 0 Å². The molecule has 0 saturated carbocycles. The van der Waals surface area contributed by atoms with Crippen molar-refractivity contribution in [2.24, 2.45) is 5.73 Å². The third kappa shape index (κ3) is 4.10. The van der Waals surface area contributed by atoms with Gasteiger partial charge in [-0.05, 0) is 20.3 Å². The summed E-state index contributed by atoms with van der Waals surface area (Å²) in [6.45, 7) is 9.78. The first-order valence-corrected chi connectivity index (χ1v) is 7.63. The van der Waals surface area contributed by atoms with Gasteiger partial charge in [0.15, 0.2) is 0 Å². The molecule has 0 bridgehead atoms. The zero-order valence-corrected chi connectivity index (χ0v) is 13.0.